The van der Waals surface area contributed by atoms with Crippen LogP contribution in [0, 0.1) is 13.8 Å². The van der Waals surface area contributed by atoms with Crippen LogP contribution in [0.3, 0.4) is 0 Å². The zero-order chi connectivity index (χ0) is 17.6. The number of hydrogen-bond donors (Lipinski definition) is 3. The van der Waals surface area contributed by atoms with Crippen LogP contribution in [0.25, 0.3) is 33.3 Å². The summed E-state index contributed by atoms with van der Waals surface area (Å²) in [5, 5.41) is 20.9. The number of H-pyrrole nitrogens is 1. The molecule has 0 saturated carbocycles. The van der Waals surface area contributed by atoms with Gasteiger partial charge in [-0.05, 0) is 72.5 Å². The van der Waals surface area contributed by atoms with Crippen LogP contribution in [-0.4, -0.2) is 15.2 Å². The topological polar surface area (TPSA) is 56.2 Å². The van der Waals surface area contributed by atoms with Crippen LogP contribution in [-0.2, 0) is 0 Å². The first-order chi connectivity index (χ1) is 12.0. The molecular weight excluding hydrogens is 310 g/mol. The normalized spacial score (nSPS) is 11.1. The van der Waals surface area contributed by atoms with Crippen molar-refractivity contribution in [2.24, 2.45) is 0 Å². The van der Waals surface area contributed by atoms with Gasteiger partial charge in [-0.1, -0.05) is 24.3 Å². The number of phenols is 2. The fourth-order valence-corrected chi connectivity index (χ4v) is 3.28. The number of hydrogen-bond acceptors (Lipinski definition) is 2. The molecule has 25 heavy (non-hydrogen) atoms. The monoisotopic (exact) mass is 329 g/mol. The Labute approximate surface area is 146 Å². The molecule has 124 valence electrons. The Hall–Kier alpha value is -3.20. The minimum Gasteiger partial charge on any atom is -0.508 e. The molecule has 0 unspecified atom stereocenters. The number of aromatic hydroxyl groups is 2. The van der Waals surface area contributed by atoms with Crippen LogP contribution < -0.4 is 0 Å². The minimum absolute atomic E-state index is 0.293. The van der Waals surface area contributed by atoms with Crippen LogP contribution >= 0.6 is 0 Å². The average Bonchev–Trinajstić information content (AvgIpc) is 2.99. The van der Waals surface area contributed by atoms with Crippen molar-refractivity contribution in [2.45, 2.75) is 13.8 Å². The predicted molar refractivity (Wildman–Crippen MR) is 102 cm³/mol. The van der Waals surface area contributed by atoms with E-state index in [4.69, 9.17) is 0 Å². The van der Waals surface area contributed by atoms with E-state index >= 15 is 0 Å². The molecule has 0 aliphatic heterocycles. The molecule has 3 heteroatoms. The molecule has 1 heterocycles. The number of benzene rings is 3. The van der Waals surface area contributed by atoms with Crippen LogP contribution in [0.2, 0.25) is 0 Å². The van der Waals surface area contributed by atoms with Crippen molar-refractivity contribution < 1.29 is 10.2 Å². The molecule has 0 aliphatic rings. The lowest BCUT2D eigenvalue weighted by Crippen LogP contribution is -1.86. The second-order valence-corrected chi connectivity index (χ2v) is 6.42. The van der Waals surface area contributed by atoms with E-state index in [0.717, 1.165) is 44.4 Å². The first kappa shape index (κ1) is 15.3. The third-order valence-electron chi connectivity index (χ3n) is 4.68. The van der Waals surface area contributed by atoms with Gasteiger partial charge >= 0.3 is 0 Å². The molecule has 0 spiro atoms. The second-order valence-electron chi connectivity index (χ2n) is 6.42. The highest BCUT2D eigenvalue weighted by Gasteiger charge is 2.16. The minimum atomic E-state index is 0.293. The number of aryl methyl sites for hydroxylation is 2. The molecule has 0 amide bonds. The molecule has 4 rings (SSSR count). The predicted octanol–water partition coefficient (Wildman–Crippen LogP) is 5.53. The molecule has 1 aromatic heterocycles. The number of rotatable bonds is 2. The van der Waals surface area contributed by atoms with E-state index in [9.17, 15) is 10.2 Å². The van der Waals surface area contributed by atoms with Crippen molar-refractivity contribution in [2.75, 3.05) is 0 Å². The molecule has 0 aliphatic carbocycles. The Kier molecular flexibility index (Phi) is 3.50. The van der Waals surface area contributed by atoms with Gasteiger partial charge < -0.3 is 15.2 Å². The SMILES string of the molecule is Cc1cc(-c2[nH]c3ccccc3c2-c2ccc(O)c(C)c2)ccc1O. The van der Waals surface area contributed by atoms with Crippen LogP contribution in [0.1, 0.15) is 11.1 Å². The summed E-state index contributed by atoms with van der Waals surface area (Å²) in [5.74, 6) is 0.590. The Balaban J connectivity index is 2.04. The highest BCUT2D eigenvalue weighted by Crippen LogP contribution is 2.40. The van der Waals surface area contributed by atoms with E-state index in [2.05, 4.69) is 17.1 Å². The summed E-state index contributed by atoms with van der Waals surface area (Å²) in [6.45, 7) is 3.80. The van der Waals surface area contributed by atoms with Crippen molar-refractivity contribution in [3.63, 3.8) is 0 Å². The number of phenolic OH excluding ortho intramolecular Hbond substituents is 2. The fraction of sp³-hybridized carbons (Fsp3) is 0.0909. The lowest BCUT2D eigenvalue weighted by molar-refractivity contribution is 0.470. The van der Waals surface area contributed by atoms with E-state index in [1.54, 1.807) is 12.1 Å². The number of aromatic nitrogens is 1. The average molecular weight is 329 g/mol. The molecule has 3 nitrogen and oxygen atoms in total. The number of para-hydroxylation sites is 1. The molecule has 0 atom stereocenters. The summed E-state index contributed by atoms with van der Waals surface area (Å²) >= 11 is 0. The number of aromatic amines is 1. The summed E-state index contributed by atoms with van der Waals surface area (Å²) in [5.41, 5.74) is 6.92. The van der Waals surface area contributed by atoms with Crippen molar-refractivity contribution >= 4 is 10.9 Å². The van der Waals surface area contributed by atoms with Gasteiger partial charge in [0, 0.05) is 16.5 Å². The molecule has 3 N–H and O–H groups in total. The largest absolute Gasteiger partial charge is 0.508 e. The van der Waals surface area contributed by atoms with Gasteiger partial charge in [0.05, 0.1) is 5.69 Å². The number of fused-ring (bicyclic) bond motifs is 1. The zero-order valence-corrected chi connectivity index (χ0v) is 14.2. The van der Waals surface area contributed by atoms with Crippen LogP contribution in [0.5, 0.6) is 11.5 Å². The van der Waals surface area contributed by atoms with Gasteiger partial charge in [0.25, 0.3) is 0 Å². The number of nitrogens with one attached hydrogen (secondary N) is 1. The molecule has 0 radical (unpaired) electrons. The lowest BCUT2D eigenvalue weighted by Gasteiger charge is -2.09. The smallest absolute Gasteiger partial charge is 0.118 e. The van der Waals surface area contributed by atoms with E-state index < -0.39 is 0 Å². The second kappa shape index (κ2) is 5.71. The summed E-state index contributed by atoms with van der Waals surface area (Å²) in [7, 11) is 0. The van der Waals surface area contributed by atoms with Crippen molar-refractivity contribution in [1.29, 1.82) is 0 Å². The third kappa shape index (κ3) is 2.54. The van der Waals surface area contributed by atoms with Crippen molar-refractivity contribution in [3.05, 3.63) is 71.8 Å². The molecular formula is C22H19NO2. The van der Waals surface area contributed by atoms with E-state index in [0.29, 0.717) is 11.5 Å². The summed E-state index contributed by atoms with van der Waals surface area (Å²) in [6.07, 6.45) is 0. The van der Waals surface area contributed by atoms with Crippen molar-refractivity contribution in [3.8, 4) is 33.9 Å². The van der Waals surface area contributed by atoms with Gasteiger partial charge in [-0.25, -0.2) is 0 Å². The molecule has 0 bridgehead atoms. The Morgan fingerprint density at radius 3 is 2.00 bits per heavy atom. The van der Waals surface area contributed by atoms with Gasteiger partial charge in [-0.15, -0.1) is 0 Å². The maximum Gasteiger partial charge on any atom is 0.118 e. The first-order valence-corrected chi connectivity index (χ1v) is 8.25. The lowest BCUT2D eigenvalue weighted by atomic mass is 9.96. The van der Waals surface area contributed by atoms with Crippen molar-refractivity contribution in [1.82, 2.24) is 4.98 Å². The van der Waals surface area contributed by atoms with Crippen LogP contribution in [0.15, 0.2) is 60.7 Å². The van der Waals surface area contributed by atoms with E-state index in [-0.39, 0.29) is 0 Å². The van der Waals surface area contributed by atoms with Gasteiger partial charge in [0.2, 0.25) is 0 Å². The van der Waals surface area contributed by atoms with Gasteiger partial charge in [-0.2, -0.15) is 0 Å². The summed E-state index contributed by atoms with van der Waals surface area (Å²) in [4.78, 5) is 3.52. The molecule has 0 saturated heterocycles. The fourth-order valence-electron chi connectivity index (χ4n) is 3.28. The maximum absolute atomic E-state index is 9.87. The zero-order valence-electron chi connectivity index (χ0n) is 14.2. The Morgan fingerprint density at radius 2 is 1.32 bits per heavy atom. The third-order valence-corrected chi connectivity index (χ3v) is 4.68. The highest BCUT2D eigenvalue weighted by molar-refractivity contribution is 6.04. The highest BCUT2D eigenvalue weighted by atomic mass is 16.3. The van der Waals surface area contributed by atoms with Gasteiger partial charge in [-0.3, -0.25) is 0 Å². The summed E-state index contributed by atoms with van der Waals surface area (Å²) in [6, 6.07) is 19.5. The first-order valence-electron chi connectivity index (χ1n) is 8.25. The van der Waals surface area contributed by atoms with E-state index in [1.807, 2.05) is 50.2 Å². The molecule has 0 fully saturated rings. The Bertz CT molecular complexity index is 1090. The van der Waals surface area contributed by atoms with E-state index in [1.165, 1.54) is 0 Å². The van der Waals surface area contributed by atoms with Crippen LogP contribution in [0.4, 0.5) is 0 Å². The molecule has 3 aromatic carbocycles. The molecule has 4 aromatic rings. The summed E-state index contributed by atoms with van der Waals surface area (Å²) < 4.78 is 0. The standard InChI is InChI=1S/C22H19NO2/c1-13-11-15(7-9-19(13)24)21-17-5-3-4-6-18(17)23-22(21)16-8-10-20(25)14(2)12-16/h3-12,23-25H,1-2H3. The Morgan fingerprint density at radius 1 is 0.720 bits per heavy atom. The van der Waals surface area contributed by atoms with Gasteiger partial charge in [0.15, 0.2) is 0 Å². The quantitative estimate of drug-likeness (QED) is 0.453. The maximum atomic E-state index is 9.87. The van der Waals surface area contributed by atoms with Gasteiger partial charge in [0.1, 0.15) is 11.5 Å².